The topological polar surface area (TPSA) is 56.0 Å². The number of rotatable bonds is 5. The van der Waals surface area contributed by atoms with Crippen molar-refractivity contribution in [2.45, 2.75) is 46.0 Å². The third kappa shape index (κ3) is 3.06. The summed E-state index contributed by atoms with van der Waals surface area (Å²) < 4.78 is 5.40. The van der Waals surface area contributed by atoms with Gasteiger partial charge in [-0.15, -0.1) is 10.2 Å². The van der Waals surface area contributed by atoms with Crippen molar-refractivity contribution in [2.24, 2.45) is 11.8 Å². The summed E-state index contributed by atoms with van der Waals surface area (Å²) in [6, 6.07) is 0. The van der Waals surface area contributed by atoms with Gasteiger partial charge < -0.3 is 4.42 Å². The van der Waals surface area contributed by atoms with Crippen molar-refractivity contribution < 1.29 is 9.21 Å². The summed E-state index contributed by atoms with van der Waals surface area (Å²) in [5.41, 5.74) is 0. The molecule has 18 heavy (non-hydrogen) atoms. The summed E-state index contributed by atoms with van der Waals surface area (Å²) in [7, 11) is 0. The summed E-state index contributed by atoms with van der Waals surface area (Å²) in [6.45, 7) is 3.89. The Morgan fingerprint density at radius 3 is 2.89 bits per heavy atom. The molecule has 1 aliphatic carbocycles. The van der Waals surface area contributed by atoms with Crippen LogP contribution in [0.5, 0.6) is 0 Å². The zero-order valence-electron chi connectivity index (χ0n) is 11.1. The van der Waals surface area contributed by atoms with E-state index in [4.69, 9.17) is 4.42 Å². The van der Waals surface area contributed by atoms with Crippen molar-refractivity contribution in [3.63, 3.8) is 0 Å². The average Bonchev–Trinajstić information content (AvgIpc) is 2.89. The molecule has 0 bridgehead atoms. The molecule has 1 heterocycles. The summed E-state index contributed by atoms with van der Waals surface area (Å²) in [6.07, 6.45) is 8.50. The number of Topliss-reactive ketones (excluding diaryl/α,β-unsaturated/α-hetero) is 1. The first-order valence-corrected chi connectivity index (χ1v) is 6.67. The molecule has 0 spiro atoms. The van der Waals surface area contributed by atoms with Crippen LogP contribution in [0.15, 0.2) is 16.6 Å². The lowest BCUT2D eigenvalue weighted by Gasteiger charge is -2.14. The van der Waals surface area contributed by atoms with Crippen LogP contribution in [0.4, 0.5) is 0 Å². The maximum Gasteiger partial charge on any atom is 0.216 e. The number of ketones is 1. The van der Waals surface area contributed by atoms with Gasteiger partial charge in [0.25, 0.3) is 0 Å². The van der Waals surface area contributed by atoms with Crippen molar-refractivity contribution in [1.29, 1.82) is 0 Å². The van der Waals surface area contributed by atoms with Gasteiger partial charge >= 0.3 is 0 Å². The minimum absolute atomic E-state index is 0.139. The number of allylic oxidation sites excluding steroid dienone is 2. The highest BCUT2D eigenvalue weighted by Gasteiger charge is 2.34. The Morgan fingerprint density at radius 2 is 2.22 bits per heavy atom. The predicted octanol–water partition coefficient (Wildman–Crippen LogP) is 2.87. The van der Waals surface area contributed by atoms with Crippen molar-refractivity contribution in [2.75, 3.05) is 0 Å². The Kier molecular flexibility index (Phi) is 4.28. The van der Waals surface area contributed by atoms with Crippen molar-refractivity contribution in [3.8, 4) is 0 Å². The van der Waals surface area contributed by atoms with E-state index in [0.29, 0.717) is 29.9 Å². The minimum atomic E-state index is 0.139. The highest BCUT2D eigenvalue weighted by Crippen LogP contribution is 2.33. The number of aromatic nitrogens is 2. The molecule has 0 aliphatic heterocycles. The Hall–Kier alpha value is -1.45. The molecule has 2 atom stereocenters. The van der Waals surface area contributed by atoms with Crippen LogP contribution in [0, 0.1) is 18.8 Å². The van der Waals surface area contributed by atoms with Crippen LogP contribution in [0.1, 0.15) is 44.4 Å². The van der Waals surface area contributed by atoms with Gasteiger partial charge in [0.05, 0.1) is 0 Å². The largest absolute Gasteiger partial charge is 0.426 e. The van der Waals surface area contributed by atoms with Crippen LogP contribution in [-0.2, 0) is 11.2 Å². The van der Waals surface area contributed by atoms with Crippen LogP contribution in [-0.4, -0.2) is 16.0 Å². The fourth-order valence-corrected chi connectivity index (χ4v) is 2.60. The van der Waals surface area contributed by atoms with E-state index in [1.54, 1.807) is 6.92 Å². The molecule has 4 nitrogen and oxygen atoms in total. The third-order valence-corrected chi connectivity index (χ3v) is 3.54. The number of hydrogen-bond donors (Lipinski definition) is 0. The number of carbonyl (C=O) groups is 1. The molecule has 1 aliphatic rings. The van der Waals surface area contributed by atoms with Gasteiger partial charge in [-0.05, 0) is 25.2 Å². The lowest BCUT2D eigenvalue weighted by atomic mass is 9.89. The molecule has 1 aromatic heterocycles. The van der Waals surface area contributed by atoms with Gasteiger partial charge in [0.2, 0.25) is 11.8 Å². The van der Waals surface area contributed by atoms with Crippen molar-refractivity contribution in [1.82, 2.24) is 10.2 Å². The normalized spacial score (nSPS) is 24.2. The molecule has 98 valence electrons. The van der Waals surface area contributed by atoms with Gasteiger partial charge in [0.15, 0.2) is 0 Å². The van der Waals surface area contributed by atoms with E-state index in [0.717, 1.165) is 25.7 Å². The van der Waals surface area contributed by atoms with Gasteiger partial charge in [0, 0.05) is 25.7 Å². The van der Waals surface area contributed by atoms with E-state index >= 15 is 0 Å². The van der Waals surface area contributed by atoms with Crippen LogP contribution >= 0.6 is 0 Å². The Labute approximate surface area is 107 Å². The van der Waals surface area contributed by atoms with E-state index in [2.05, 4.69) is 29.3 Å². The molecule has 2 unspecified atom stereocenters. The standard InChI is InChI=1S/C14H20N2O2/c1-3-4-5-6-12-11(7-8-13(12)17)9-14-16-15-10(2)18-14/h4-5,11-12H,3,6-9H2,1-2H3/b5-4+. The predicted molar refractivity (Wildman–Crippen MR) is 68.0 cm³/mol. The molecule has 1 fully saturated rings. The molecular weight excluding hydrogens is 228 g/mol. The molecule has 1 saturated carbocycles. The first kappa shape index (κ1) is 13.0. The van der Waals surface area contributed by atoms with E-state index in [1.165, 1.54) is 0 Å². The van der Waals surface area contributed by atoms with Crippen LogP contribution < -0.4 is 0 Å². The second-order valence-electron chi connectivity index (χ2n) is 4.91. The average molecular weight is 248 g/mol. The Bertz CT molecular complexity index is 437. The first-order valence-electron chi connectivity index (χ1n) is 6.67. The van der Waals surface area contributed by atoms with Crippen LogP contribution in [0.3, 0.4) is 0 Å². The van der Waals surface area contributed by atoms with Gasteiger partial charge in [0.1, 0.15) is 5.78 Å². The maximum atomic E-state index is 11.9. The molecule has 0 saturated heterocycles. The highest BCUT2D eigenvalue weighted by atomic mass is 16.4. The summed E-state index contributed by atoms with van der Waals surface area (Å²) in [5, 5.41) is 7.85. The quantitative estimate of drug-likeness (QED) is 0.752. The maximum absolute atomic E-state index is 11.9. The molecule has 2 rings (SSSR count). The molecular formula is C14H20N2O2. The fourth-order valence-electron chi connectivity index (χ4n) is 2.60. The Morgan fingerprint density at radius 1 is 1.39 bits per heavy atom. The molecule has 0 aromatic carbocycles. The second kappa shape index (κ2) is 5.94. The summed E-state index contributed by atoms with van der Waals surface area (Å²) in [5.74, 6) is 2.14. The number of nitrogens with zero attached hydrogens (tertiary/aromatic N) is 2. The first-order chi connectivity index (χ1) is 8.70. The number of hydrogen-bond acceptors (Lipinski definition) is 4. The zero-order valence-corrected chi connectivity index (χ0v) is 11.1. The Balaban J connectivity index is 1.98. The molecule has 1 aromatic rings. The molecule has 0 amide bonds. The van der Waals surface area contributed by atoms with E-state index in [1.807, 2.05) is 0 Å². The van der Waals surface area contributed by atoms with Gasteiger partial charge in [-0.3, -0.25) is 4.79 Å². The molecule has 0 N–H and O–H groups in total. The fraction of sp³-hybridized carbons (Fsp3) is 0.643. The smallest absolute Gasteiger partial charge is 0.216 e. The monoisotopic (exact) mass is 248 g/mol. The van der Waals surface area contributed by atoms with Gasteiger partial charge in [-0.2, -0.15) is 0 Å². The van der Waals surface area contributed by atoms with E-state index in [-0.39, 0.29) is 5.92 Å². The van der Waals surface area contributed by atoms with E-state index < -0.39 is 0 Å². The lowest BCUT2D eigenvalue weighted by Crippen LogP contribution is -2.16. The highest BCUT2D eigenvalue weighted by molar-refractivity contribution is 5.83. The van der Waals surface area contributed by atoms with Gasteiger partial charge in [-0.1, -0.05) is 19.1 Å². The van der Waals surface area contributed by atoms with Crippen LogP contribution in [0.2, 0.25) is 0 Å². The summed E-state index contributed by atoms with van der Waals surface area (Å²) in [4.78, 5) is 11.9. The zero-order chi connectivity index (χ0) is 13.0. The number of carbonyl (C=O) groups excluding carboxylic acids is 1. The van der Waals surface area contributed by atoms with Crippen molar-refractivity contribution >= 4 is 5.78 Å². The number of aryl methyl sites for hydroxylation is 1. The minimum Gasteiger partial charge on any atom is -0.426 e. The van der Waals surface area contributed by atoms with Crippen molar-refractivity contribution in [3.05, 3.63) is 23.9 Å². The van der Waals surface area contributed by atoms with E-state index in [9.17, 15) is 4.79 Å². The third-order valence-electron chi connectivity index (χ3n) is 3.54. The lowest BCUT2D eigenvalue weighted by molar-refractivity contribution is -0.121. The molecule has 0 radical (unpaired) electrons. The van der Waals surface area contributed by atoms with Crippen LogP contribution in [0.25, 0.3) is 0 Å². The molecule has 4 heteroatoms. The summed E-state index contributed by atoms with van der Waals surface area (Å²) >= 11 is 0. The second-order valence-corrected chi connectivity index (χ2v) is 4.91. The SMILES string of the molecule is CC/C=C/CC1C(=O)CCC1Cc1nnc(C)o1. The van der Waals surface area contributed by atoms with Gasteiger partial charge in [-0.25, -0.2) is 0 Å².